The number of hydrogen-bond acceptors (Lipinski definition) is 2. The van der Waals surface area contributed by atoms with Crippen molar-refractivity contribution >= 4 is 26.8 Å². The molecule has 0 aromatic carbocycles. The second-order valence-electron chi connectivity index (χ2n) is 7.34. The zero-order valence-electron chi connectivity index (χ0n) is 15.9. The second kappa shape index (κ2) is 12.2. The van der Waals surface area contributed by atoms with Crippen LogP contribution in [0.15, 0.2) is 0 Å². The van der Waals surface area contributed by atoms with Crippen molar-refractivity contribution in [3.8, 4) is 24.7 Å². The van der Waals surface area contributed by atoms with E-state index in [9.17, 15) is 0 Å². The van der Waals surface area contributed by atoms with Crippen molar-refractivity contribution in [2.75, 3.05) is 13.2 Å². The van der Waals surface area contributed by atoms with Crippen LogP contribution in [-0.2, 0) is 4.43 Å². The molecule has 0 bridgehead atoms. The first-order chi connectivity index (χ1) is 9.67. The molecular formula is C17H35ClO2Si2. The first-order valence-corrected chi connectivity index (χ1v) is 14.5. The van der Waals surface area contributed by atoms with E-state index in [1.165, 1.54) is 0 Å². The largest absolute Gasteiger partial charge is 0.406 e. The third-order valence-corrected chi connectivity index (χ3v) is 12.7. The van der Waals surface area contributed by atoms with Crippen molar-refractivity contribution in [2.45, 2.75) is 71.4 Å². The molecular weight excluding hydrogens is 328 g/mol. The highest BCUT2D eigenvalue weighted by molar-refractivity contribution is 7.20. The molecule has 0 unspecified atom stereocenters. The van der Waals surface area contributed by atoms with Gasteiger partial charge in [-0.2, -0.15) is 11.1 Å². The number of hydrogen-bond donors (Lipinski definition) is 1. The zero-order valence-corrected chi connectivity index (χ0v) is 18.6. The molecule has 0 spiro atoms. The molecule has 2 nitrogen and oxygen atoms in total. The smallest absolute Gasteiger partial charge is 0.190 e. The SMILES string of the molecule is C#CCO.C#CCO[Si](C)(C)C(C)C.CC(C)(C)[Si](C)(C)Cl. The lowest BCUT2D eigenvalue weighted by atomic mass is 10.2. The predicted octanol–water partition coefficient (Wildman–Crippen LogP) is 5.09. The minimum Gasteiger partial charge on any atom is -0.406 e. The maximum absolute atomic E-state index is 7.64. The molecule has 1 N–H and O–H groups in total. The Bertz CT molecular complexity index is 341. The monoisotopic (exact) mass is 362 g/mol. The second-order valence-corrected chi connectivity index (χ2v) is 19.3. The Kier molecular flexibility index (Phi) is 14.8. The normalized spacial score (nSPS) is 11.4. The van der Waals surface area contributed by atoms with Crippen molar-refractivity contribution in [1.82, 2.24) is 0 Å². The van der Waals surface area contributed by atoms with Gasteiger partial charge in [0, 0.05) is 0 Å². The molecule has 0 aliphatic rings. The third-order valence-electron chi connectivity index (χ3n) is 3.79. The minimum absolute atomic E-state index is 0.153. The van der Waals surface area contributed by atoms with Gasteiger partial charge in [-0.1, -0.05) is 59.6 Å². The third kappa shape index (κ3) is 16.1. The van der Waals surface area contributed by atoms with E-state index in [0.29, 0.717) is 17.2 Å². The number of aliphatic hydroxyl groups excluding tert-OH is 1. The molecule has 0 amide bonds. The molecule has 0 saturated carbocycles. The van der Waals surface area contributed by atoms with Crippen LogP contribution in [0.4, 0.5) is 0 Å². The van der Waals surface area contributed by atoms with Crippen LogP contribution in [-0.4, -0.2) is 34.0 Å². The van der Waals surface area contributed by atoms with Gasteiger partial charge in [0.15, 0.2) is 15.7 Å². The number of aliphatic hydroxyl groups is 1. The molecule has 0 heterocycles. The van der Waals surface area contributed by atoms with Crippen LogP contribution >= 0.6 is 11.1 Å². The highest BCUT2D eigenvalue weighted by atomic mass is 35.6. The zero-order chi connectivity index (χ0) is 18.6. The molecule has 0 fully saturated rings. The van der Waals surface area contributed by atoms with Crippen molar-refractivity contribution in [3.63, 3.8) is 0 Å². The van der Waals surface area contributed by atoms with Gasteiger partial charge in [-0.3, -0.25) is 0 Å². The predicted molar refractivity (Wildman–Crippen MR) is 106 cm³/mol. The van der Waals surface area contributed by atoms with Crippen molar-refractivity contribution < 1.29 is 9.53 Å². The Morgan fingerprint density at radius 1 is 1.09 bits per heavy atom. The first kappa shape index (κ1) is 26.7. The number of terminal acetylenes is 2. The summed E-state index contributed by atoms with van der Waals surface area (Å²) < 4.78 is 5.54. The summed E-state index contributed by atoms with van der Waals surface area (Å²) in [6, 6.07) is 0. The Balaban J connectivity index is -0.000000269. The molecule has 130 valence electrons. The summed E-state index contributed by atoms with van der Waals surface area (Å²) in [6.07, 6.45) is 9.61. The van der Waals surface area contributed by atoms with Gasteiger partial charge in [-0.15, -0.1) is 12.8 Å². The molecule has 0 aromatic heterocycles. The fraction of sp³-hybridized carbons (Fsp3) is 0.765. The summed E-state index contributed by atoms with van der Waals surface area (Å²) >= 11 is 6.15. The lowest BCUT2D eigenvalue weighted by Crippen LogP contribution is -2.33. The highest BCUT2D eigenvalue weighted by Gasteiger charge is 2.32. The van der Waals surface area contributed by atoms with Gasteiger partial charge in [-0.25, -0.2) is 0 Å². The van der Waals surface area contributed by atoms with E-state index >= 15 is 0 Å². The minimum atomic E-state index is -1.44. The van der Waals surface area contributed by atoms with E-state index in [0.717, 1.165) is 0 Å². The molecule has 0 radical (unpaired) electrons. The van der Waals surface area contributed by atoms with E-state index in [1.807, 2.05) is 5.92 Å². The quantitative estimate of drug-likeness (QED) is 0.430. The summed E-state index contributed by atoms with van der Waals surface area (Å²) in [4.78, 5) is 0. The van der Waals surface area contributed by atoms with E-state index < -0.39 is 15.7 Å². The van der Waals surface area contributed by atoms with Crippen molar-refractivity contribution in [1.29, 1.82) is 0 Å². The van der Waals surface area contributed by atoms with E-state index in [-0.39, 0.29) is 6.61 Å². The first-order valence-electron chi connectivity index (χ1n) is 7.48. The maximum Gasteiger partial charge on any atom is 0.190 e. The van der Waals surface area contributed by atoms with Crippen molar-refractivity contribution in [2.24, 2.45) is 0 Å². The topological polar surface area (TPSA) is 29.5 Å². The lowest BCUT2D eigenvalue weighted by Gasteiger charge is -2.29. The molecule has 0 saturated heterocycles. The number of halogens is 1. The van der Waals surface area contributed by atoms with Crippen LogP contribution in [0.3, 0.4) is 0 Å². The summed E-state index contributed by atoms with van der Waals surface area (Å²) in [7, 11) is -2.83. The average molecular weight is 363 g/mol. The highest BCUT2D eigenvalue weighted by Crippen LogP contribution is 2.38. The molecule has 0 aromatic rings. The van der Waals surface area contributed by atoms with E-state index in [2.05, 4.69) is 73.2 Å². The standard InChI is InChI=1S/C8H16OSi.C6H15ClSi.C3H4O/c1-6-7-9-10(4,5)8(2)3;1-6(2,3)8(4,5)7;1-2-3-4/h1,8H,7H2,2-5H3;1-5H3;1,4H,3H2. The van der Waals surface area contributed by atoms with Gasteiger partial charge in [0.25, 0.3) is 0 Å². The average Bonchev–Trinajstić information content (AvgIpc) is 2.35. The maximum atomic E-state index is 7.64. The lowest BCUT2D eigenvalue weighted by molar-refractivity contribution is 0.350. The molecule has 5 heteroatoms. The molecule has 0 aliphatic carbocycles. The van der Waals surface area contributed by atoms with Crippen LogP contribution in [0.25, 0.3) is 0 Å². The van der Waals surface area contributed by atoms with Crippen LogP contribution < -0.4 is 0 Å². The summed E-state index contributed by atoms with van der Waals surface area (Å²) in [6.45, 7) is 20.0. The van der Waals surface area contributed by atoms with Gasteiger partial charge in [0.1, 0.15) is 6.61 Å². The van der Waals surface area contributed by atoms with Crippen molar-refractivity contribution in [3.05, 3.63) is 0 Å². The van der Waals surface area contributed by atoms with Crippen LogP contribution in [0, 0.1) is 24.7 Å². The number of rotatable bonds is 3. The summed E-state index contributed by atoms with van der Waals surface area (Å²) in [5.74, 6) is 4.48. The van der Waals surface area contributed by atoms with Gasteiger partial charge in [0.2, 0.25) is 0 Å². The molecule has 22 heavy (non-hydrogen) atoms. The Hall–Kier alpha value is -0.236. The molecule has 0 rings (SSSR count). The van der Waals surface area contributed by atoms with E-state index in [1.54, 1.807) is 0 Å². The Morgan fingerprint density at radius 2 is 1.41 bits per heavy atom. The van der Waals surface area contributed by atoms with Crippen LogP contribution in [0.1, 0.15) is 34.6 Å². The van der Waals surface area contributed by atoms with Gasteiger partial charge < -0.3 is 9.53 Å². The fourth-order valence-electron chi connectivity index (χ4n) is 0.394. The van der Waals surface area contributed by atoms with Crippen LogP contribution in [0.2, 0.25) is 36.8 Å². The van der Waals surface area contributed by atoms with E-state index in [4.69, 9.17) is 27.0 Å². The van der Waals surface area contributed by atoms with Gasteiger partial charge >= 0.3 is 0 Å². The van der Waals surface area contributed by atoms with Gasteiger partial charge in [-0.05, 0) is 23.7 Å². The fourth-order valence-corrected chi connectivity index (χ4v) is 1.18. The Morgan fingerprint density at radius 3 is 1.55 bits per heavy atom. The van der Waals surface area contributed by atoms with Crippen LogP contribution in [0.5, 0.6) is 0 Å². The Labute approximate surface area is 145 Å². The summed E-state index contributed by atoms with van der Waals surface area (Å²) in [5, 5.41) is 7.98. The van der Waals surface area contributed by atoms with Gasteiger partial charge in [0.05, 0.1) is 6.61 Å². The summed E-state index contributed by atoms with van der Waals surface area (Å²) in [5.41, 5.74) is 0.640. The molecule has 0 aliphatic heterocycles. The molecule has 0 atom stereocenters.